The third-order valence-corrected chi connectivity index (χ3v) is 6.12. The van der Waals surface area contributed by atoms with E-state index in [4.69, 9.17) is 0 Å². The van der Waals surface area contributed by atoms with Crippen LogP contribution in [0.5, 0.6) is 0 Å². The van der Waals surface area contributed by atoms with Crippen molar-refractivity contribution in [1.29, 1.82) is 0 Å². The molecular weight excluding hydrogens is 286 g/mol. The fourth-order valence-corrected chi connectivity index (χ4v) is 5.06. The third kappa shape index (κ3) is 2.99. The van der Waals surface area contributed by atoms with Crippen LogP contribution in [0.4, 0.5) is 0 Å². The van der Waals surface area contributed by atoms with Crippen LogP contribution in [0.15, 0.2) is 23.0 Å². The summed E-state index contributed by atoms with van der Waals surface area (Å²) in [6.45, 7) is 9.33. The number of nitrogens with zero attached hydrogens (tertiary/aromatic N) is 3. The van der Waals surface area contributed by atoms with Crippen LogP contribution in [-0.2, 0) is 6.54 Å². The Kier molecular flexibility index (Phi) is 4.29. The third-order valence-electron chi connectivity index (χ3n) is 6.12. The highest BCUT2D eigenvalue weighted by atomic mass is 16.1. The van der Waals surface area contributed by atoms with Crippen molar-refractivity contribution in [3.63, 3.8) is 0 Å². The molecule has 3 aliphatic heterocycles. The number of piperidine rings is 2. The number of pyridine rings is 1. The Labute approximate surface area is 139 Å². The quantitative estimate of drug-likeness (QED) is 0.855. The molecule has 4 heteroatoms. The zero-order valence-corrected chi connectivity index (χ0v) is 14.3. The van der Waals surface area contributed by atoms with Gasteiger partial charge in [-0.2, -0.15) is 0 Å². The van der Waals surface area contributed by atoms with Crippen LogP contribution in [0.3, 0.4) is 0 Å². The van der Waals surface area contributed by atoms with Gasteiger partial charge in [-0.3, -0.25) is 9.69 Å². The van der Waals surface area contributed by atoms with Crippen LogP contribution >= 0.6 is 0 Å². The van der Waals surface area contributed by atoms with Gasteiger partial charge in [-0.15, -0.1) is 0 Å². The van der Waals surface area contributed by atoms with Gasteiger partial charge in [0.25, 0.3) is 5.56 Å². The van der Waals surface area contributed by atoms with E-state index in [0.29, 0.717) is 11.8 Å². The molecule has 2 saturated heterocycles. The molecule has 4 nitrogen and oxygen atoms in total. The highest BCUT2D eigenvalue weighted by molar-refractivity contribution is 5.17. The molecule has 0 spiro atoms. The van der Waals surface area contributed by atoms with Gasteiger partial charge < -0.3 is 9.47 Å². The first-order valence-electron chi connectivity index (χ1n) is 9.40. The Bertz CT molecular complexity index is 603. The summed E-state index contributed by atoms with van der Waals surface area (Å²) in [7, 11) is 0. The molecule has 126 valence electrons. The highest BCUT2D eigenvalue weighted by Gasteiger charge is 2.37. The first-order valence-corrected chi connectivity index (χ1v) is 9.40. The molecule has 0 N–H and O–H groups in total. The van der Waals surface area contributed by atoms with Crippen LogP contribution in [0.1, 0.15) is 44.2 Å². The van der Waals surface area contributed by atoms with Gasteiger partial charge >= 0.3 is 0 Å². The van der Waals surface area contributed by atoms with Crippen LogP contribution in [0.25, 0.3) is 0 Å². The summed E-state index contributed by atoms with van der Waals surface area (Å²) >= 11 is 0. The number of rotatable bonds is 3. The minimum atomic E-state index is 0.193. The molecule has 0 radical (unpaired) electrons. The summed E-state index contributed by atoms with van der Waals surface area (Å²) in [4.78, 5) is 17.5. The highest BCUT2D eigenvalue weighted by Crippen LogP contribution is 2.36. The largest absolute Gasteiger partial charge is 0.312 e. The Morgan fingerprint density at radius 2 is 1.96 bits per heavy atom. The smallest absolute Gasteiger partial charge is 0.250 e. The van der Waals surface area contributed by atoms with Gasteiger partial charge in [0, 0.05) is 43.4 Å². The van der Waals surface area contributed by atoms with E-state index in [9.17, 15) is 4.79 Å². The lowest BCUT2D eigenvalue weighted by atomic mass is 9.82. The monoisotopic (exact) mass is 315 g/mol. The van der Waals surface area contributed by atoms with E-state index in [1.807, 2.05) is 10.6 Å². The van der Waals surface area contributed by atoms with Crippen molar-refractivity contribution in [2.75, 3.05) is 32.7 Å². The predicted molar refractivity (Wildman–Crippen MR) is 92.9 cm³/mol. The lowest BCUT2D eigenvalue weighted by molar-refractivity contribution is 0.0469. The summed E-state index contributed by atoms with van der Waals surface area (Å²) in [6.07, 6.45) is 5.18. The van der Waals surface area contributed by atoms with Crippen molar-refractivity contribution in [1.82, 2.24) is 14.4 Å². The van der Waals surface area contributed by atoms with E-state index < -0.39 is 0 Å². The van der Waals surface area contributed by atoms with Gasteiger partial charge in [0.2, 0.25) is 0 Å². The van der Waals surface area contributed by atoms with Crippen molar-refractivity contribution < 1.29 is 0 Å². The van der Waals surface area contributed by atoms with Crippen LogP contribution in [0.2, 0.25) is 0 Å². The summed E-state index contributed by atoms with van der Waals surface area (Å²) in [6, 6.07) is 6.59. The number of likely N-dealkylation sites (tertiary alicyclic amines) is 2. The van der Waals surface area contributed by atoms with Gasteiger partial charge in [-0.1, -0.05) is 13.0 Å². The van der Waals surface area contributed by atoms with Gasteiger partial charge in [-0.05, 0) is 57.3 Å². The molecule has 1 aromatic rings. The molecule has 2 bridgehead atoms. The average molecular weight is 315 g/mol. The van der Waals surface area contributed by atoms with E-state index >= 15 is 0 Å². The Morgan fingerprint density at radius 3 is 2.74 bits per heavy atom. The Hall–Kier alpha value is -1.13. The molecule has 4 rings (SSSR count). The minimum absolute atomic E-state index is 0.193. The summed E-state index contributed by atoms with van der Waals surface area (Å²) < 4.78 is 2.04. The maximum atomic E-state index is 12.1. The molecule has 1 aromatic heterocycles. The summed E-state index contributed by atoms with van der Waals surface area (Å²) in [5.74, 6) is 1.22. The van der Waals surface area contributed by atoms with Gasteiger partial charge in [-0.25, -0.2) is 0 Å². The number of hydrogen-bond acceptors (Lipinski definition) is 3. The van der Waals surface area contributed by atoms with E-state index in [-0.39, 0.29) is 5.56 Å². The van der Waals surface area contributed by atoms with Gasteiger partial charge in [0.15, 0.2) is 0 Å². The minimum Gasteiger partial charge on any atom is -0.312 e. The lowest BCUT2D eigenvalue weighted by Crippen LogP contribution is -2.53. The van der Waals surface area contributed by atoms with E-state index in [0.717, 1.165) is 19.1 Å². The van der Waals surface area contributed by atoms with Crippen molar-refractivity contribution in [3.05, 3.63) is 34.2 Å². The van der Waals surface area contributed by atoms with Crippen molar-refractivity contribution in [3.8, 4) is 0 Å². The van der Waals surface area contributed by atoms with E-state index in [1.54, 1.807) is 6.07 Å². The topological polar surface area (TPSA) is 28.5 Å². The summed E-state index contributed by atoms with van der Waals surface area (Å²) in [5.41, 5.74) is 1.47. The maximum absolute atomic E-state index is 12.1. The fraction of sp³-hybridized carbons (Fsp3) is 0.737. The molecule has 23 heavy (non-hydrogen) atoms. The van der Waals surface area contributed by atoms with Crippen LogP contribution in [-0.4, -0.2) is 53.1 Å². The van der Waals surface area contributed by atoms with Crippen LogP contribution in [0, 0.1) is 5.92 Å². The van der Waals surface area contributed by atoms with E-state index in [1.165, 1.54) is 57.6 Å². The predicted octanol–water partition coefficient (Wildman–Crippen LogP) is 2.14. The van der Waals surface area contributed by atoms with Crippen molar-refractivity contribution in [2.24, 2.45) is 5.92 Å². The second kappa shape index (κ2) is 6.40. The zero-order chi connectivity index (χ0) is 15.8. The molecule has 2 atom stereocenters. The van der Waals surface area contributed by atoms with Crippen molar-refractivity contribution >= 4 is 0 Å². The van der Waals surface area contributed by atoms with Crippen LogP contribution < -0.4 is 5.56 Å². The molecule has 3 aliphatic rings. The molecular formula is C19H29N3O. The first kappa shape index (κ1) is 15.4. The van der Waals surface area contributed by atoms with Gasteiger partial charge in [0.1, 0.15) is 0 Å². The molecule has 0 aliphatic carbocycles. The van der Waals surface area contributed by atoms with E-state index in [2.05, 4.69) is 22.8 Å². The fourth-order valence-electron chi connectivity index (χ4n) is 5.06. The Morgan fingerprint density at radius 1 is 1.13 bits per heavy atom. The molecule has 2 fully saturated rings. The number of hydrogen-bond donors (Lipinski definition) is 0. The molecule has 0 saturated carbocycles. The average Bonchev–Trinajstić information content (AvgIpc) is 2.57. The molecule has 0 unspecified atom stereocenters. The van der Waals surface area contributed by atoms with Gasteiger partial charge in [0.05, 0.1) is 0 Å². The second-order valence-corrected chi connectivity index (χ2v) is 7.72. The Balaban J connectivity index is 1.46. The second-order valence-electron chi connectivity index (χ2n) is 7.72. The molecule has 0 aromatic carbocycles. The standard InChI is InChI=1S/C19H29N3O/c1-2-8-20-9-6-17(7-10-20)21-12-15-11-16(14-21)18-4-3-5-19(23)22(18)13-15/h3-5,15-17H,2,6-14H2,1H3/t15-,16+/m0/s1. The normalized spacial score (nSPS) is 29.4. The SMILES string of the molecule is CCCN1CCC(N2C[C@@H]3C[C@H](C2)c2cccc(=O)n2C3)CC1. The molecule has 0 amide bonds. The van der Waals surface area contributed by atoms with Crippen molar-refractivity contribution in [2.45, 2.75) is 51.1 Å². The summed E-state index contributed by atoms with van der Waals surface area (Å²) in [5, 5.41) is 0. The molecule has 4 heterocycles. The zero-order valence-electron chi connectivity index (χ0n) is 14.3. The number of aromatic nitrogens is 1. The maximum Gasteiger partial charge on any atom is 0.250 e. The lowest BCUT2D eigenvalue weighted by Gasteiger charge is -2.47. The first-order chi connectivity index (χ1) is 11.2. The number of fused-ring (bicyclic) bond motifs is 4.